The maximum absolute atomic E-state index is 11.8. The van der Waals surface area contributed by atoms with Crippen LogP contribution < -0.4 is 4.74 Å². The van der Waals surface area contributed by atoms with Gasteiger partial charge in [0.15, 0.2) is 12.4 Å². The number of benzene rings is 1. The topological polar surface area (TPSA) is 63.6 Å². The second kappa shape index (κ2) is 4.98. The molecule has 1 N–H and O–H groups in total. The molecule has 0 saturated carbocycles. The van der Waals surface area contributed by atoms with Crippen molar-refractivity contribution in [3.8, 4) is 5.75 Å². The van der Waals surface area contributed by atoms with E-state index in [2.05, 4.69) is 0 Å². The second-order valence-corrected chi connectivity index (χ2v) is 4.97. The van der Waals surface area contributed by atoms with Crippen molar-refractivity contribution in [3.63, 3.8) is 0 Å². The molecule has 0 fully saturated rings. The highest BCUT2D eigenvalue weighted by Crippen LogP contribution is 2.40. The number of aliphatic carboxylic acids is 1. The molecule has 0 bridgehead atoms. The number of thioether (sulfide) groups is 1. The monoisotopic (exact) mass is 272 g/mol. The van der Waals surface area contributed by atoms with E-state index in [9.17, 15) is 9.59 Å². The summed E-state index contributed by atoms with van der Waals surface area (Å²) >= 11 is 7.48. The summed E-state index contributed by atoms with van der Waals surface area (Å²) in [7, 11) is 0. The van der Waals surface area contributed by atoms with Crippen molar-refractivity contribution < 1.29 is 19.4 Å². The fraction of sp³-hybridized carbons (Fsp3) is 0.273. The normalized spacial score (nSPS) is 14.3. The summed E-state index contributed by atoms with van der Waals surface area (Å²) in [6, 6.07) is 3.15. The van der Waals surface area contributed by atoms with E-state index in [1.54, 1.807) is 6.07 Å². The molecule has 0 radical (unpaired) electrons. The summed E-state index contributed by atoms with van der Waals surface area (Å²) in [4.78, 5) is 22.9. The average molecular weight is 273 g/mol. The van der Waals surface area contributed by atoms with Crippen molar-refractivity contribution in [1.82, 2.24) is 0 Å². The number of halogens is 1. The van der Waals surface area contributed by atoms with Gasteiger partial charge in [-0.15, -0.1) is 11.8 Å². The number of rotatable bonds is 3. The zero-order valence-corrected chi connectivity index (χ0v) is 10.3. The largest absolute Gasteiger partial charge is 0.481 e. The van der Waals surface area contributed by atoms with Crippen LogP contribution in [0.3, 0.4) is 0 Å². The summed E-state index contributed by atoms with van der Waals surface area (Å²) in [5, 5.41) is 9.06. The third kappa shape index (κ3) is 2.56. The van der Waals surface area contributed by atoms with Gasteiger partial charge in [-0.05, 0) is 12.1 Å². The number of carboxylic acids is 1. The Labute approximate surface area is 107 Å². The molecule has 1 aliphatic heterocycles. The fourth-order valence-electron chi connectivity index (χ4n) is 1.57. The molecule has 6 heteroatoms. The minimum absolute atomic E-state index is 0.0540. The van der Waals surface area contributed by atoms with Gasteiger partial charge >= 0.3 is 5.97 Å². The predicted octanol–water partition coefficient (Wildman–Crippen LogP) is 2.48. The number of carbonyl (C=O) groups is 2. The van der Waals surface area contributed by atoms with Crippen LogP contribution in [0.25, 0.3) is 0 Å². The van der Waals surface area contributed by atoms with Gasteiger partial charge in [-0.3, -0.25) is 4.79 Å². The maximum atomic E-state index is 11.8. The third-order valence-electron chi connectivity index (χ3n) is 2.28. The number of Topliss-reactive ketones (excluding diaryl/α,β-unsaturated/α-hetero) is 1. The van der Waals surface area contributed by atoms with Crippen molar-refractivity contribution in [2.75, 3.05) is 12.4 Å². The second-order valence-electron chi connectivity index (χ2n) is 3.45. The molecule has 0 atom stereocenters. The summed E-state index contributed by atoms with van der Waals surface area (Å²) in [5.41, 5.74) is 0.412. The molecule has 1 aromatic rings. The van der Waals surface area contributed by atoms with Crippen LogP contribution in [0.1, 0.15) is 16.8 Å². The summed E-state index contributed by atoms with van der Waals surface area (Å²) in [6.07, 6.45) is 0.418. The Bertz CT molecular complexity index is 487. The Balaban J connectivity index is 2.39. The number of fused-ring (bicyclic) bond motifs is 1. The van der Waals surface area contributed by atoms with Crippen LogP contribution in [-0.4, -0.2) is 29.2 Å². The highest BCUT2D eigenvalue weighted by Gasteiger charge is 2.24. The first-order valence-corrected chi connectivity index (χ1v) is 6.29. The molecule has 0 saturated heterocycles. The van der Waals surface area contributed by atoms with Crippen molar-refractivity contribution in [2.24, 2.45) is 0 Å². The fourth-order valence-corrected chi connectivity index (χ4v) is 2.95. The van der Waals surface area contributed by atoms with Gasteiger partial charge in [0, 0.05) is 17.1 Å². The molecule has 0 aromatic heterocycles. The van der Waals surface area contributed by atoms with Gasteiger partial charge in [-0.1, -0.05) is 11.6 Å². The van der Waals surface area contributed by atoms with E-state index in [0.717, 1.165) is 0 Å². The van der Waals surface area contributed by atoms with E-state index in [0.29, 0.717) is 33.4 Å². The lowest BCUT2D eigenvalue weighted by atomic mass is 10.1. The van der Waals surface area contributed by atoms with Crippen molar-refractivity contribution >= 4 is 35.1 Å². The van der Waals surface area contributed by atoms with Gasteiger partial charge in [0.2, 0.25) is 0 Å². The minimum atomic E-state index is -1.08. The molecule has 0 amide bonds. The first-order valence-electron chi connectivity index (χ1n) is 4.92. The molecule has 2 rings (SSSR count). The van der Waals surface area contributed by atoms with Gasteiger partial charge in [-0.2, -0.15) is 0 Å². The van der Waals surface area contributed by atoms with E-state index in [1.165, 1.54) is 17.8 Å². The van der Waals surface area contributed by atoms with E-state index in [4.69, 9.17) is 21.4 Å². The maximum Gasteiger partial charge on any atom is 0.341 e. The lowest BCUT2D eigenvalue weighted by Crippen LogP contribution is -2.15. The Hall–Kier alpha value is -1.20. The molecule has 0 spiro atoms. The van der Waals surface area contributed by atoms with Crippen LogP contribution in [0, 0.1) is 0 Å². The first-order chi connectivity index (χ1) is 8.09. The van der Waals surface area contributed by atoms with Crippen LogP contribution in [0.5, 0.6) is 5.75 Å². The number of ketones is 1. The summed E-state index contributed by atoms with van der Waals surface area (Å²) in [6.45, 7) is -0.466. The van der Waals surface area contributed by atoms with Crippen molar-refractivity contribution in [3.05, 3.63) is 22.7 Å². The SMILES string of the molecule is O=C(O)COc1ccc(Cl)c2c1C(=O)CCS2. The smallest absolute Gasteiger partial charge is 0.341 e. The van der Waals surface area contributed by atoms with E-state index >= 15 is 0 Å². The molecule has 90 valence electrons. The number of carboxylic acid groups (broad SMARTS) is 1. The molecule has 1 aromatic carbocycles. The highest BCUT2D eigenvalue weighted by atomic mass is 35.5. The van der Waals surface area contributed by atoms with Crippen LogP contribution in [0.15, 0.2) is 17.0 Å². The lowest BCUT2D eigenvalue weighted by Gasteiger charge is -2.18. The first kappa shape index (κ1) is 12.3. The Morgan fingerprint density at radius 2 is 2.29 bits per heavy atom. The van der Waals surface area contributed by atoms with Crippen molar-refractivity contribution in [1.29, 1.82) is 0 Å². The van der Waals surface area contributed by atoms with E-state index in [1.807, 2.05) is 0 Å². The molecular weight excluding hydrogens is 264 g/mol. The van der Waals surface area contributed by atoms with Gasteiger partial charge in [-0.25, -0.2) is 4.79 Å². The highest BCUT2D eigenvalue weighted by molar-refractivity contribution is 7.99. The summed E-state index contributed by atoms with van der Waals surface area (Å²) < 4.78 is 5.10. The lowest BCUT2D eigenvalue weighted by molar-refractivity contribution is -0.139. The zero-order valence-electron chi connectivity index (χ0n) is 8.73. The molecule has 1 aliphatic rings. The zero-order chi connectivity index (χ0) is 12.4. The van der Waals surface area contributed by atoms with Crippen LogP contribution in [0.4, 0.5) is 0 Å². The van der Waals surface area contributed by atoms with E-state index < -0.39 is 12.6 Å². The van der Waals surface area contributed by atoms with Gasteiger partial charge < -0.3 is 9.84 Å². The van der Waals surface area contributed by atoms with Crippen LogP contribution >= 0.6 is 23.4 Å². The number of ether oxygens (including phenoxy) is 1. The van der Waals surface area contributed by atoms with Crippen LogP contribution in [0.2, 0.25) is 5.02 Å². The Kier molecular flexibility index (Phi) is 3.59. The average Bonchev–Trinajstić information content (AvgIpc) is 2.29. The summed E-state index contributed by atoms with van der Waals surface area (Å²) in [5.74, 6) is -0.149. The molecule has 4 nitrogen and oxygen atoms in total. The molecule has 1 heterocycles. The van der Waals surface area contributed by atoms with Gasteiger partial charge in [0.25, 0.3) is 0 Å². The van der Waals surface area contributed by atoms with Crippen LogP contribution in [-0.2, 0) is 4.79 Å². The molecule has 0 aliphatic carbocycles. The Morgan fingerprint density at radius 1 is 1.53 bits per heavy atom. The van der Waals surface area contributed by atoms with Gasteiger partial charge in [0.1, 0.15) is 5.75 Å². The number of hydrogen-bond donors (Lipinski definition) is 1. The standard InChI is InChI=1S/C11H9ClO4S/c12-6-1-2-8(16-5-9(14)15)10-7(13)3-4-17-11(6)10/h1-2H,3-5H2,(H,14,15). The molecular formula is C11H9ClO4S. The van der Waals surface area contributed by atoms with E-state index in [-0.39, 0.29) is 5.78 Å². The van der Waals surface area contributed by atoms with Gasteiger partial charge in [0.05, 0.1) is 10.6 Å². The molecule has 17 heavy (non-hydrogen) atoms. The molecule has 0 unspecified atom stereocenters. The predicted molar refractivity (Wildman–Crippen MR) is 64.3 cm³/mol. The Morgan fingerprint density at radius 3 is 3.00 bits per heavy atom. The van der Waals surface area contributed by atoms with Crippen molar-refractivity contribution in [2.45, 2.75) is 11.3 Å². The quantitative estimate of drug-likeness (QED) is 0.916. The number of carbonyl (C=O) groups excluding carboxylic acids is 1. The minimum Gasteiger partial charge on any atom is -0.481 e. The number of hydrogen-bond acceptors (Lipinski definition) is 4. The third-order valence-corrected chi connectivity index (χ3v) is 3.82.